The van der Waals surface area contributed by atoms with Gasteiger partial charge in [0.05, 0.1) is 0 Å². The Morgan fingerprint density at radius 2 is 1.68 bits per heavy atom. The molecule has 0 aliphatic rings. The molecule has 1 N–H and O–H groups in total. The highest BCUT2D eigenvalue weighted by molar-refractivity contribution is 6.31. The summed E-state index contributed by atoms with van der Waals surface area (Å²) in [5.41, 5.74) is 2.63. The van der Waals surface area contributed by atoms with Gasteiger partial charge in [0.15, 0.2) is 0 Å². The summed E-state index contributed by atoms with van der Waals surface area (Å²) in [7, 11) is 2.01. The molecule has 19 heavy (non-hydrogen) atoms. The molecule has 0 spiro atoms. The van der Waals surface area contributed by atoms with Gasteiger partial charge in [-0.1, -0.05) is 60.1 Å². The van der Waals surface area contributed by atoms with Crippen LogP contribution in [0.3, 0.4) is 0 Å². The van der Waals surface area contributed by atoms with Crippen molar-refractivity contribution in [2.45, 2.75) is 18.8 Å². The van der Waals surface area contributed by atoms with Crippen LogP contribution in [0, 0.1) is 0 Å². The first-order chi connectivity index (χ1) is 9.31. The molecule has 2 heteroatoms. The average molecular weight is 274 g/mol. The van der Waals surface area contributed by atoms with Gasteiger partial charge >= 0.3 is 0 Å². The van der Waals surface area contributed by atoms with Gasteiger partial charge in [0, 0.05) is 11.6 Å². The summed E-state index contributed by atoms with van der Waals surface area (Å²) < 4.78 is 0. The van der Waals surface area contributed by atoms with Gasteiger partial charge in [-0.3, -0.25) is 0 Å². The third-order valence-electron chi connectivity index (χ3n) is 3.44. The van der Waals surface area contributed by atoms with E-state index in [1.165, 1.54) is 11.1 Å². The Morgan fingerprint density at radius 1 is 1.00 bits per heavy atom. The fourth-order valence-corrected chi connectivity index (χ4v) is 2.62. The first-order valence-electron chi connectivity index (χ1n) is 6.74. The number of aryl methyl sites for hydroxylation is 1. The number of hydrogen-bond acceptors (Lipinski definition) is 1. The number of rotatable bonds is 6. The molecule has 0 saturated heterocycles. The fraction of sp³-hybridized carbons (Fsp3) is 0.294. The molecule has 0 radical (unpaired) electrons. The van der Waals surface area contributed by atoms with Gasteiger partial charge < -0.3 is 5.32 Å². The zero-order chi connectivity index (χ0) is 13.5. The van der Waals surface area contributed by atoms with E-state index in [4.69, 9.17) is 11.6 Å². The van der Waals surface area contributed by atoms with Gasteiger partial charge in [-0.15, -0.1) is 0 Å². The molecular formula is C17H20ClN. The van der Waals surface area contributed by atoms with Crippen LogP contribution in [-0.4, -0.2) is 13.6 Å². The maximum Gasteiger partial charge on any atom is 0.0437 e. The Kier molecular flexibility index (Phi) is 5.44. The lowest BCUT2D eigenvalue weighted by molar-refractivity contribution is 0.584. The highest BCUT2D eigenvalue weighted by atomic mass is 35.5. The van der Waals surface area contributed by atoms with Crippen molar-refractivity contribution in [3.05, 3.63) is 70.7 Å². The molecule has 1 nitrogen and oxygen atoms in total. The molecule has 2 rings (SSSR count). The molecule has 0 bridgehead atoms. The summed E-state index contributed by atoms with van der Waals surface area (Å²) in [5, 5.41) is 4.16. The Bertz CT molecular complexity index is 496. The highest BCUT2D eigenvalue weighted by Gasteiger charge is 2.11. The lowest BCUT2D eigenvalue weighted by atomic mass is 9.92. The van der Waals surface area contributed by atoms with E-state index in [2.05, 4.69) is 47.8 Å². The van der Waals surface area contributed by atoms with E-state index >= 15 is 0 Å². The second kappa shape index (κ2) is 7.32. The molecule has 0 amide bonds. The largest absolute Gasteiger partial charge is 0.319 e. The molecule has 0 saturated carbocycles. The first kappa shape index (κ1) is 14.1. The summed E-state index contributed by atoms with van der Waals surface area (Å²) in [5.74, 6) is 0.530. The molecule has 0 fully saturated rings. The fourth-order valence-electron chi connectivity index (χ4n) is 2.39. The van der Waals surface area contributed by atoms with Gasteiger partial charge in [0.1, 0.15) is 0 Å². The first-order valence-corrected chi connectivity index (χ1v) is 7.12. The summed E-state index contributed by atoms with van der Waals surface area (Å²) in [6.07, 6.45) is 2.12. The van der Waals surface area contributed by atoms with E-state index in [1.807, 2.05) is 19.2 Å². The van der Waals surface area contributed by atoms with Crippen LogP contribution in [0.15, 0.2) is 54.6 Å². The van der Waals surface area contributed by atoms with Gasteiger partial charge in [-0.25, -0.2) is 0 Å². The zero-order valence-corrected chi connectivity index (χ0v) is 12.0. The van der Waals surface area contributed by atoms with Crippen molar-refractivity contribution >= 4 is 11.6 Å². The number of likely N-dealkylation sites (N-methyl/N-ethyl adjacent to an activating group) is 1. The smallest absolute Gasteiger partial charge is 0.0437 e. The lowest BCUT2D eigenvalue weighted by Gasteiger charge is -2.17. The van der Waals surface area contributed by atoms with Crippen molar-refractivity contribution < 1.29 is 0 Å². The molecule has 0 aliphatic heterocycles. The number of benzene rings is 2. The second-order valence-electron chi connectivity index (χ2n) is 4.80. The van der Waals surface area contributed by atoms with Gasteiger partial charge in [-0.05, 0) is 43.0 Å². The summed E-state index contributed by atoms with van der Waals surface area (Å²) in [6, 6.07) is 18.8. The standard InChI is InChI=1S/C17H20ClN/c1-19-13-16(14-7-3-2-4-8-14)12-11-15-9-5-6-10-17(15)18/h2-10,16,19H,11-13H2,1H3. The van der Waals surface area contributed by atoms with E-state index < -0.39 is 0 Å². The van der Waals surface area contributed by atoms with Crippen molar-refractivity contribution in [2.75, 3.05) is 13.6 Å². The van der Waals surface area contributed by atoms with Crippen LogP contribution in [0.2, 0.25) is 5.02 Å². The SMILES string of the molecule is CNCC(CCc1ccccc1Cl)c1ccccc1. The summed E-state index contributed by atoms with van der Waals surface area (Å²) >= 11 is 6.22. The molecule has 1 atom stereocenters. The molecule has 0 aliphatic carbocycles. The third kappa shape index (κ3) is 4.09. The lowest BCUT2D eigenvalue weighted by Crippen LogP contribution is -2.17. The average Bonchev–Trinajstić information content (AvgIpc) is 2.46. The molecule has 2 aromatic carbocycles. The van der Waals surface area contributed by atoms with E-state index in [0.717, 1.165) is 24.4 Å². The minimum atomic E-state index is 0.530. The minimum absolute atomic E-state index is 0.530. The molecule has 1 unspecified atom stereocenters. The Labute approximate surface area is 120 Å². The number of halogens is 1. The highest BCUT2D eigenvalue weighted by Crippen LogP contribution is 2.24. The van der Waals surface area contributed by atoms with Crippen LogP contribution in [0.5, 0.6) is 0 Å². The van der Waals surface area contributed by atoms with Gasteiger partial charge in [0.25, 0.3) is 0 Å². The van der Waals surface area contributed by atoms with Gasteiger partial charge in [0.2, 0.25) is 0 Å². The van der Waals surface area contributed by atoms with E-state index in [1.54, 1.807) is 0 Å². The van der Waals surface area contributed by atoms with E-state index in [9.17, 15) is 0 Å². The quantitative estimate of drug-likeness (QED) is 0.829. The second-order valence-corrected chi connectivity index (χ2v) is 5.20. The number of hydrogen-bond donors (Lipinski definition) is 1. The maximum absolute atomic E-state index is 6.22. The van der Waals surface area contributed by atoms with Crippen molar-refractivity contribution in [2.24, 2.45) is 0 Å². The van der Waals surface area contributed by atoms with Crippen molar-refractivity contribution in [1.82, 2.24) is 5.32 Å². The van der Waals surface area contributed by atoms with Crippen LogP contribution in [0.1, 0.15) is 23.5 Å². The van der Waals surface area contributed by atoms with E-state index in [0.29, 0.717) is 5.92 Å². The van der Waals surface area contributed by atoms with Crippen LogP contribution in [0.25, 0.3) is 0 Å². The Morgan fingerprint density at radius 3 is 2.37 bits per heavy atom. The normalized spacial score (nSPS) is 12.3. The van der Waals surface area contributed by atoms with E-state index in [-0.39, 0.29) is 0 Å². The summed E-state index contributed by atoms with van der Waals surface area (Å²) in [6.45, 7) is 0.995. The predicted molar refractivity (Wildman–Crippen MR) is 82.9 cm³/mol. The van der Waals surface area contributed by atoms with Crippen molar-refractivity contribution in [3.8, 4) is 0 Å². The number of nitrogens with one attached hydrogen (secondary N) is 1. The van der Waals surface area contributed by atoms with Crippen LogP contribution >= 0.6 is 11.6 Å². The monoisotopic (exact) mass is 273 g/mol. The molecular weight excluding hydrogens is 254 g/mol. The molecule has 0 aromatic heterocycles. The van der Waals surface area contributed by atoms with Crippen LogP contribution in [0.4, 0.5) is 0 Å². The third-order valence-corrected chi connectivity index (χ3v) is 3.81. The van der Waals surface area contributed by atoms with Crippen LogP contribution < -0.4 is 5.32 Å². The Balaban J connectivity index is 2.04. The zero-order valence-electron chi connectivity index (χ0n) is 11.3. The molecule has 100 valence electrons. The molecule has 2 aromatic rings. The Hall–Kier alpha value is -1.31. The van der Waals surface area contributed by atoms with Crippen LogP contribution in [-0.2, 0) is 6.42 Å². The topological polar surface area (TPSA) is 12.0 Å². The molecule has 0 heterocycles. The van der Waals surface area contributed by atoms with Crippen molar-refractivity contribution in [3.63, 3.8) is 0 Å². The maximum atomic E-state index is 6.22. The summed E-state index contributed by atoms with van der Waals surface area (Å²) in [4.78, 5) is 0. The minimum Gasteiger partial charge on any atom is -0.319 e. The predicted octanol–water partition coefficient (Wildman–Crippen LogP) is 4.28. The van der Waals surface area contributed by atoms with Crippen molar-refractivity contribution in [1.29, 1.82) is 0 Å². The van der Waals surface area contributed by atoms with Gasteiger partial charge in [-0.2, -0.15) is 0 Å².